The van der Waals surface area contributed by atoms with Crippen LogP contribution in [0, 0.1) is 0 Å². The van der Waals surface area contributed by atoms with Crippen LogP contribution in [-0.2, 0) is 6.42 Å². The number of rotatable bonds is 7. The number of nitrogens with one attached hydrogen (secondary N) is 1. The average molecular weight is 392 g/mol. The van der Waals surface area contributed by atoms with Gasteiger partial charge in [0.25, 0.3) is 0 Å². The summed E-state index contributed by atoms with van der Waals surface area (Å²) in [5.41, 5.74) is 2.20. The molecule has 0 saturated heterocycles. The van der Waals surface area contributed by atoms with Gasteiger partial charge in [0.15, 0.2) is 11.5 Å². The molecule has 0 radical (unpaired) electrons. The summed E-state index contributed by atoms with van der Waals surface area (Å²) in [5, 5.41) is 5.44. The van der Waals surface area contributed by atoms with Gasteiger partial charge in [0, 0.05) is 13.6 Å². The lowest BCUT2D eigenvalue weighted by Crippen LogP contribution is -2.39. The molecule has 0 saturated carbocycles. The molecule has 0 bridgehead atoms. The Morgan fingerprint density at radius 2 is 1.72 bits per heavy atom. The van der Waals surface area contributed by atoms with E-state index < -0.39 is 0 Å². The number of nitrogens with zero attached hydrogens (tertiary/aromatic N) is 1. The molecule has 0 aromatic heterocycles. The summed E-state index contributed by atoms with van der Waals surface area (Å²) in [7, 11) is 5.05. The predicted octanol–water partition coefficient (Wildman–Crippen LogP) is 4.80. The zero-order valence-corrected chi connectivity index (χ0v) is 17.4. The largest absolute Gasteiger partial charge is 0.493 e. The fourth-order valence-corrected chi connectivity index (χ4v) is 3.44. The Kier molecular flexibility index (Phi) is 6.60. The quantitative estimate of drug-likeness (QED) is 0.628. The van der Waals surface area contributed by atoms with Gasteiger partial charge in [-0.25, -0.2) is 4.79 Å². The van der Waals surface area contributed by atoms with E-state index in [4.69, 9.17) is 9.47 Å². The SMILES string of the molecule is COc1ccc(CCN(C)C(=O)NC(C)c2cccc3ccccc23)cc1OC. The number of fused-ring (bicyclic) bond motifs is 1. The standard InChI is InChI=1S/C24H28N2O3/c1-17(20-11-7-9-19-8-5-6-10-21(19)20)25-24(27)26(2)15-14-18-12-13-22(28-3)23(16-18)29-4/h5-13,16-17H,14-15H2,1-4H3,(H,25,27). The van der Waals surface area contributed by atoms with Crippen molar-refractivity contribution in [2.45, 2.75) is 19.4 Å². The molecule has 1 unspecified atom stereocenters. The van der Waals surface area contributed by atoms with E-state index in [9.17, 15) is 4.79 Å². The Morgan fingerprint density at radius 3 is 2.48 bits per heavy atom. The maximum Gasteiger partial charge on any atom is 0.317 e. The van der Waals surface area contributed by atoms with Gasteiger partial charge in [0.1, 0.15) is 0 Å². The number of carbonyl (C=O) groups excluding carboxylic acids is 1. The first-order valence-corrected chi connectivity index (χ1v) is 9.73. The molecule has 0 aliphatic heterocycles. The predicted molar refractivity (Wildman–Crippen MR) is 117 cm³/mol. The summed E-state index contributed by atoms with van der Waals surface area (Å²) in [6.45, 7) is 2.62. The molecule has 0 fully saturated rings. The van der Waals surface area contributed by atoms with Gasteiger partial charge in [-0.3, -0.25) is 0 Å². The topological polar surface area (TPSA) is 50.8 Å². The van der Waals surface area contributed by atoms with Crippen molar-refractivity contribution in [2.24, 2.45) is 0 Å². The highest BCUT2D eigenvalue weighted by Gasteiger charge is 2.15. The van der Waals surface area contributed by atoms with Crippen molar-refractivity contribution in [3.05, 3.63) is 71.8 Å². The zero-order chi connectivity index (χ0) is 20.8. The van der Waals surface area contributed by atoms with Crippen LogP contribution < -0.4 is 14.8 Å². The minimum absolute atomic E-state index is 0.0860. The van der Waals surface area contributed by atoms with Crippen LogP contribution >= 0.6 is 0 Å². The van der Waals surface area contributed by atoms with Gasteiger partial charge in [0.2, 0.25) is 0 Å². The number of hydrogen-bond donors (Lipinski definition) is 1. The number of benzene rings is 3. The van der Waals surface area contributed by atoms with Crippen LogP contribution in [0.2, 0.25) is 0 Å². The number of hydrogen-bond acceptors (Lipinski definition) is 3. The molecule has 1 atom stereocenters. The van der Waals surface area contributed by atoms with Gasteiger partial charge in [-0.15, -0.1) is 0 Å². The highest BCUT2D eigenvalue weighted by molar-refractivity contribution is 5.86. The summed E-state index contributed by atoms with van der Waals surface area (Å²) in [6, 6.07) is 20.1. The minimum atomic E-state index is -0.0917. The van der Waals surface area contributed by atoms with Gasteiger partial charge in [-0.1, -0.05) is 48.5 Å². The van der Waals surface area contributed by atoms with Crippen LogP contribution in [0.1, 0.15) is 24.1 Å². The van der Waals surface area contributed by atoms with Gasteiger partial charge >= 0.3 is 6.03 Å². The summed E-state index contributed by atoms with van der Waals surface area (Å²) < 4.78 is 10.6. The van der Waals surface area contributed by atoms with E-state index in [1.54, 1.807) is 19.1 Å². The molecule has 1 N–H and O–H groups in total. The Bertz CT molecular complexity index is 982. The van der Waals surface area contributed by atoms with Crippen molar-refractivity contribution in [1.82, 2.24) is 10.2 Å². The maximum atomic E-state index is 12.7. The monoisotopic (exact) mass is 392 g/mol. The third-order valence-electron chi connectivity index (χ3n) is 5.16. The highest BCUT2D eigenvalue weighted by atomic mass is 16.5. The molecule has 29 heavy (non-hydrogen) atoms. The van der Waals surface area contributed by atoms with E-state index in [0.717, 1.165) is 22.9 Å². The van der Waals surface area contributed by atoms with Crippen molar-refractivity contribution >= 4 is 16.8 Å². The number of likely N-dealkylation sites (N-methyl/N-ethyl adjacent to an activating group) is 1. The van der Waals surface area contributed by atoms with E-state index in [1.165, 1.54) is 5.39 Å². The van der Waals surface area contributed by atoms with Crippen molar-refractivity contribution in [1.29, 1.82) is 0 Å². The second-order valence-electron chi connectivity index (χ2n) is 7.10. The second kappa shape index (κ2) is 9.32. The van der Waals surface area contributed by atoms with Crippen molar-refractivity contribution in [3.63, 3.8) is 0 Å². The smallest absolute Gasteiger partial charge is 0.317 e. The molecule has 3 aromatic carbocycles. The van der Waals surface area contributed by atoms with Gasteiger partial charge in [-0.05, 0) is 47.4 Å². The fourth-order valence-electron chi connectivity index (χ4n) is 3.44. The van der Waals surface area contributed by atoms with E-state index in [0.29, 0.717) is 18.0 Å². The summed E-state index contributed by atoms with van der Waals surface area (Å²) in [5.74, 6) is 1.40. The molecule has 5 nitrogen and oxygen atoms in total. The number of amides is 2. The van der Waals surface area contributed by atoms with Crippen molar-refractivity contribution < 1.29 is 14.3 Å². The molecule has 0 heterocycles. The van der Waals surface area contributed by atoms with Crippen LogP contribution in [0.5, 0.6) is 11.5 Å². The molecule has 2 amide bonds. The summed E-state index contributed by atoms with van der Waals surface area (Å²) in [6.07, 6.45) is 0.729. The van der Waals surface area contributed by atoms with Crippen LogP contribution in [0.15, 0.2) is 60.7 Å². The molecule has 3 aromatic rings. The van der Waals surface area contributed by atoms with Crippen molar-refractivity contribution in [2.75, 3.05) is 27.8 Å². The molecule has 0 spiro atoms. The van der Waals surface area contributed by atoms with Crippen LogP contribution in [-0.4, -0.2) is 38.7 Å². The molecular formula is C24H28N2O3. The summed E-state index contributed by atoms with van der Waals surface area (Å²) >= 11 is 0. The first-order chi connectivity index (χ1) is 14.0. The van der Waals surface area contributed by atoms with E-state index in [2.05, 4.69) is 29.6 Å². The minimum Gasteiger partial charge on any atom is -0.493 e. The van der Waals surface area contributed by atoms with Crippen LogP contribution in [0.3, 0.4) is 0 Å². The molecule has 0 aliphatic rings. The van der Waals surface area contributed by atoms with E-state index in [-0.39, 0.29) is 12.1 Å². The first-order valence-electron chi connectivity index (χ1n) is 9.73. The summed E-state index contributed by atoms with van der Waals surface area (Å²) in [4.78, 5) is 14.4. The number of carbonyl (C=O) groups is 1. The molecular weight excluding hydrogens is 364 g/mol. The first kappa shape index (κ1) is 20.5. The lowest BCUT2D eigenvalue weighted by atomic mass is 10.00. The average Bonchev–Trinajstić information content (AvgIpc) is 2.76. The number of ether oxygens (including phenoxy) is 2. The Hall–Kier alpha value is -3.21. The lowest BCUT2D eigenvalue weighted by molar-refractivity contribution is 0.206. The molecule has 5 heteroatoms. The van der Waals surface area contributed by atoms with E-state index in [1.807, 2.05) is 50.4 Å². The van der Waals surface area contributed by atoms with Gasteiger partial charge < -0.3 is 19.7 Å². The molecule has 3 rings (SSSR count). The highest BCUT2D eigenvalue weighted by Crippen LogP contribution is 2.28. The lowest BCUT2D eigenvalue weighted by Gasteiger charge is -2.22. The third-order valence-corrected chi connectivity index (χ3v) is 5.16. The van der Waals surface area contributed by atoms with Gasteiger partial charge in [-0.2, -0.15) is 0 Å². The Balaban J connectivity index is 1.61. The maximum absolute atomic E-state index is 12.7. The van der Waals surface area contributed by atoms with Crippen LogP contribution in [0.4, 0.5) is 4.79 Å². The van der Waals surface area contributed by atoms with Gasteiger partial charge in [0.05, 0.1) is 20.3 Å². The Morgan fingerprint density at radius 1 is 1.00 bits per heavy atom. The van der Waals surface area contributed by atoms with Crippen LogP contribution in [0.25, 0.3) is 10.8 Å². The van der Waals surface area contributed by atoms with Crippen molar-refractivity contribution in [3.8, 4) is 11.5 Å². The zero-order valence-electron chi connectivity index (χ0n) is 17.4. The molecule has 152 valence electrons. The fraction of sp³-hybridized carbons (Fsp3) is 0.292. The molecule has 0 aliphatic carbocycles. The number of urea groups is 1. The Labute approximate surface area is 172 Å². The second-order valence-corrected chi connectivity index (χ2v) is 7.10. The normalized spacial score (nSPS) is 11.7. The third kappa shape index (κ3) is 4.80. The number of methoxy groups -OCH3 is 2. The van der Waals surface area contributed by atoms with E-state index >= 15 is 0 Å².